The van der Waals surface area contributed by atoms with Crippen LogP contribution in [0.25, 0.3) is 10.9 Å². The van der Waals surface area contributed by atoms with Gasteiger partial charge in [0.2, 0.25) is 0 Å². The largest absolute Gasteiger partial charge is 0.481 e. The average Bonchev–Trinajstić information content (AvgIpc) is 2.84. The van der Waals surface area contributed by atoms with Crippen LogP contribution in [0.1, 0.15) is 15.9 Å². The number of amides is 1. The highest BCUT2D eigenvalue weighted by molar-refractivity contribution is 9.10. The average molecular weight is 504 g/mol. The summed E-state index contributed by atoms with van der Waals surface area (Å²) in [6, 6.07) is 22.9. The highest BCUT2D eigenvalue weighted by Crippen LogP contribution is 2.22. The van der Waals surface area contributed by atoms with Crippen LogP contribution in [-0.2, 0) is 4.79 Å². The molecule has 0 saturated heterocycles. The van der Waals surface area contributed by atoms with Crippen LogP contribution < -0.4 is 14.9 Å². The van der Waals surface area contributed by atoms with Crippen molar-refractivity contribution in [3.05, 3.63) is 101 Å². The van der Waals surface area contributed by atoms with Crippen LogP contribution >= 0.6 is 15.9 Å². The number of nitrogens with zero attached hydrogens (tertiary/aromatic N) is 2. The van der Waals surface area contributed by atoms with Crippen molar-refractivity contribution in [3.63, 3.8) is 0 Å². The van der Waals surface area contributed by atoms with E-state index in [1.54, 1.807) is 60.8 Å². The Morgan fingerprint density at radius 3 is 2.52 bits per heavy atom. The number of aromatic nitrogens is 1. The van der Waals surface area contributed by atoms with Crippen LogP contribution in [0.4, 0.5) is 0 Å². The maximum Gasteiger partial charge on any atom is 0.343 e. The Labute approximate surface area is 198 Å². The summed E-state index contributed by atoms with van der Waals surface area (Å²) < 4.78 is 11.8. The molecule has 0 aliphatic heterocycles. The smallest absolute Gasteiger partial charge is 0.343 e. The Morgan fingerprint density at radius 2 is 1.73 bits per heavy atom. The highest BCUT2D eigenvalue weighted by Gasteiger charge is 2.08. The summed E-state index contributed by atoms with van der Waals surface area (Å²) in [4.78, 5) is 28.5. The van der Waals surface area contributed by atoms with Gasteiger partial charge in [0.1, 0.15) is 17.0 Å². The Kier molecular flexibility index (Phi) is 7.06. The van der Waals surface area contributed by atoms with Crippen LogP contribution in [0.2, 0.25) is 0 Å². The van der Waals surface area contributed by atoms with Gasteiger partial charge in [0.15, 0.2) is 6.61 Å². The molecule has 1 amide bonds. The number of hydrogen-bond donors (Lipinski definition) is 1. The van der Waals surface area contributed by atoms with Gasteiger partial charge in [0, 0.05) is 16.1 Å². The molecular formula is C25H18BrN3O4. The van der Waals surface area contributed by atoms with E-state index in [4.69, 9.17) is 9.47 Å². The fourth-order valence-corrected chi connectivity index (χ4v) is 3.19. The minimum absolute atomic E-state index is 0.196. The molecule has 4 aromatic rings. The van der Waals surface area contributed by atoms with E-state index in [0.29, 0.717) is 22.6 Å². The van der Waals surface area contributed by atoms with Gasteiger partial charge in [0.05, 0.1) is 11.8 Å². The summed E-state index contributed by atoms with van der Waals surface area (Å²) >= 11 is 3.33. The number of esters is 1. The zero-order chi connectivity index (χ0) is 23.0. The minimum atomic E-state index is -0.447. The predicted molar refractivity (Wildman–Crippen MR) is 129 cm³/mol. The number of fused-ring (bicyclic) bond motifs is 1. The molecular weight excluding hydrogens is 486 g/mol. The zero-order valence-corrected chi connectivity index (χ0v) is 18.9. The van der Waals surface area contributed by atoms with Crippen LogP contribution in [0, 0.1) is 0 Å². The van der Waals surface area contributed by atoms with Crippen molar-refractivity contribution in [1.29, 1.82) is 0 Å². The Morgan fingerprint density at radius 1 is 0.970 bits per heavy atom. The number of carbonyl (C=O) groups excluding carboxylic acids is 2. The number of halogens is 1. The van der Waals surface area contributed by atoms with E-state index in [9.17, 15) is 9.59 Å². The lowest BCUT2D eigenvalue weighted by Crippen LogP contribution is -2.24. The maximum atomic E-state index is 12.2. The van der Waals surface area contributed by atoms with Crippen molar-refractivity contribution in [2.24, 2.45) is 5.10 Å². The van der Waals surface area contributed by atoms with E-state index in [-0.39, 0.29) is 6.61 Å². The highest BCUT2D eigenvalue weighted by atomic mass is 79.9. The molecule has 0 fully saturated rings. The molecule has 0 atom stereocenters. The lowest BCUT2D eigenvalue weighted by Gasteiger charge is -2.07. The second-order valence-electron chi connectivity index (χ2n) is 6.88. The molecule has 8 heteroatoms. The van der Waals surface area contributed by atoms with Crippen LogP contribution in [0.3, 0.4) is 0 Å². The van der Waals surface area contributed by atoms with Crippen molar-refractivity contribution in [1.82, 2.24) is 10.4 Å². The number of pyridine rings is 1. The number of hydrazone groups is 1. The number of rotatable bonds is 7. The summed E-state index contributed by atoms with van der Waals surface area (Å²) in [5.41, 5.74) is 4.28. The Hall–Kier alpha value is -4.04. The van der Waals surface area contributed by atoms with Crippen molar-refractivity contribution < 1.29 is 19.1 Å². The monoisotopic (exact) mass is 503 g/mol. The third kappa shape index (κ3) is 6.02. The first-order valence-electron chi connectivity index (χ1n) is 9.95. The fourth-order valence-electron chi connectivity index (χ4n) is 2.92. The number of ether oxygens (including phenoxy) is 2. The third-order valence-electron chi connectivity index (χ3n) is 4.53. The molecule has 0 aliphatic carbocycles. The molecule has 0 aliphatic rings. The predicted octanol–water partition coefficient (Wildman–Crippen LogP) is 4.75. The molecule has 33 heavy (non-hydrogen) atoms. The number of benzene rings is 3. The standard InChI is InChI=1S/C25H18BrN3O4/c26-20-10-8-19(9-11-20)25(31)33-21-12-6-17(7-13-21)15-28-29-23(30)16-32-22-5-1-3-18-4-2-14-27-24(18)22/h1-15H,16H2,(H,29,30)/b28-15-. The number of carbonyl (C=O) groups is 2. The second-order valence-corrected chi connectivity index (χ2v) is 7.79. The van der Waals surface area contributed by atoms with Crippen molar-refractivity contribution in [2.45, 2.75) is 0 Å². The lowest BCUT2D eigenvalue weighted by molar-refractivity contribution is -0.123. The first kappa shape index (κ1) is 22.2. The molecule has 164 valence electrons. The fraction of sp³-hybridized carbons (Fsp3) is 0.0400. The van der Waals surface area contributed by atoms with Gasteiger partial charge >= 0.3 is 5.97 Å². The molecule has 3 aromatic carbocycles. The van der Waals surface area contributed by atoms with Gasteiger partial charge in [-0.25, -0.2) is 10.2 Å². The van der Waals surface area contributed by atoms with Gasteiger partial charge in [-0.05, 0) is 66.2 Å². The SMILES string of the molecule is O=C(COc1cccc2cccnc12)N/N=C\c1ccc(OC(=O)c2ccc(Br)cc2)cc1. The Balaban J connectivity index is 1.27. The molecule has 7 nitrogen and oxygen atoms in total. The number of hydrogen-bond acceptors (Lipinski definition) is 6. The van der Waals surface area contributed by atoms with Gasteiger partial charge in [-0.1, -0.05) is 34.1 Å². The minimum Gasteiger partial charge on any atom is -0.481 e. The van der Waals surface area contributed by atoms with Gasteiger partial charge in [-0.15, -0.1) is 0 Å². The van der Waals surface area contributed by atoms with E-state index in [0.717, 1.165) is 15.4 Å². The van der Waals surface area contributed by atoms with Gasteiger partial charge in [-0.2, -0.15) is 5.10 Å². The summed E-state index contributed by atoms with van der Waals surface area (Å²) in [6.45, 7) is -0.196. The first-order valence-corrected chi connectivity index (χ1v) is 10.7. The second kappa shape index (κ2) is 10.5. The topological polar surface area (TPSA) is 89.9 Å². The molecule has 1 aromatic heterocycles. The van der Waals surface area contributed by atoms with E-state index in [2.05, 4.69) is 31.4 Å². The van der Waals surface area contributed by atoms with Crippen molar-refractivity contribution in [3.8, 4) is 11.5 Å². The molecule has 1 N–H and O–H groups in total. The van der Waals surface area contributed by atoms with Crippen LogP contribution in [0.15, 0.2) is 94.6 Å². The van der Waals surface area contributed by atoms with Crippen LogP contribution in [0.5, 0.6) is 11.5 Å². The van der Waals surface area contributed by atoms with Crippen molar-refractivity contribution >= 4 is 44.9 Å². The summed E-state index contributed by atoms with van der Waals surface area (Å²) in [7, 11) is 0. The van der Waals surface area contributed by atoms with E-state index in [1.807, 2.05) is 24.3 Å². The summed E-state index contributed by atoms with van der Waals surface area (Å²) in [5.74, 6) is 0.0820. The molecule has 1 heterocycles. The third-order valence-corrected chi connectivity index (χ3v) is 5.06. The summed E-state index contributed by atoms with van der Waals surface area (Å²) in [5, 5.41) is 4.86. The first-order chi connectivity index (χ1) is 16.1. The number of para-hydroxylation sites is 1. The van der Waals surface area contributed by atoms with Gasteiger partial charge in [0.25, 0.3) is 5.91 Å². The summed E-state index contributed by atoms with van der Waals surface area (Å²) in [6.07, 6.45) is 3.16. The normalized spacial score (nSPS) is 10.8. The van der Waals surface area contributed by atoms with E-state index >= 15 is 0 Å². The molecule has 0 radical (unpaired) electrons. The Bertz CT molecular complexity index is 1300. The van der Waals surface area contributed by atoms with E-state index in [1.165, 1.54) is 6.21 Å². The van der Waals surface area contributed by atoms with Gasteiger partial charge in [-0.3, -0.25) is 9.78 Å². The van der Waals surface area contributed by atoms with E-state index < -0.39 is 11.9 Å². The number of nitrogens with one attached hydrogen (secondary N) is 1. The van der Waals surface area contributed by atoms with Crippen molar-refractivity contribution in [2.75, 3.05) is 6.61 Å². The lowest BCUT2D eigenvalue weighted by atomic mass is 10.2. The van der Waals surface area contributed by atoms with Gasteiger partial charge < -0.3 is 9.47 Å². The molecule has 0 bridgehead atoms. The quantitative estimate of drug-likeness (QED) is 0.170. The molecule has 4 rings (SSSR count). The zero-order valence-electron chi connectivity index (χ0n) is 17.3. The maximum absolute atomic E-state index is 12.2. The van der Waals surface area contributed by atoms with Crippen LogP contribution in [-0.4, -0.2) is 29.7 Å². The molecule has 0 unspecified atom stereocenters. The molecule has 0 spiro atoms. The molecule has 0 saturated carbocycles.